The number of pyridine rings is 1. The highest BCUT2D eigenvalue weighted by Crippen LogP contribution is 2.08. The first-order valence-electron chi connectivity index (χ1n) is 6.02. The van der Waals surface area contributed by atoms with E-state index in [9.17, 15) is 4.79 Å². The molecule has 0 saturated heterocycles. The molecular weight excluding hydrogens is 254 g/mol. The minimum Gasteiger partial charge on any atom is -0.461 e. The maximum atomic E-state index is 11.7. The lowest BCUT2D eigenvalue weighted by atomic mass is 10.1. The Morgan fingerprint density at radius 2 is 2.00 bits per heavy atom. The van der Waals surface area contributed by atoms with E-state index < -0.39 is 0 Å². The summed E-state index contributed by atoms with van der Waals surface area (Å²) in [5, 5.41) is 8.73. The normalized spacial score (nSPS) is 9.75. The molecule has 0 aliphatic heterocycles. The first-order chi connectivity index (χ1) is 9.67. The smallest absolute Gasteiger partial charge is 0.310 e. The van der Waals surface area contributed by atoms with Crippen molar-refractivity contribution in [2.45, 2.75) is 13.0 Å². The number of rotatable bonds is 4. The fraction of sp³-hybridized carbons (Fsp3) is 0.133. The monoisotopic (exact) mass is 267 g/mol. The molecule has 0 saturated carbocycles. The molecular formula is C15H13N3O2. The SMILES string of the molecule is N#Cc1cc(COC(=O)Cc2ccc(N)cc2)ccn1. The van der Waals surface area contributed by atoms with Gasteiger partial charge in [0.1, 0.15) is 18.4 Å². The van der Waals surface area contributed by atoms with Crippen LogP contribution in [0.4, 0.5) is 5.69 Å². The maximum absolute atomic E-state index is 11.7. The summed E-state index contributed by atoms with van der Waals surface area (Å²) in [6.07, 6.45) is 1.71. The minimum absolute atomic E-state index is 0.130. The number of carbonyl (C=O) groups excluding carboxylic acids is 1. The molecule has 1 aromatic heterocycles. The second-order valence-corrected chi connectivity index (χ2v) is 4.24. The van der Waals surface area contributed by atoms with Crippen LogP contribution in [0.5, 0.6) is 0 Å². The third-order valence-corrected chi connectivity index (χ3v) is 2.67. The van der Waals surface area contributed by atoms with Crippen LogP contribution in [0, 0.1) is 11.3 Å². The van der Waals surface area contributed by atoms with Crippen LogP contribution in [0.25, 0.3) is 0 Å². The highest BCUT2D eigenvalue weighted by atomic mass is 16.5. The van der Waals surface area contributed by atoms with Crippen LogP contribution in [-0.4, -0.2) is 11.0 Å². The van der Waals surface area contributed by atoms with E-state index >= 15 is 0 Å². The zero-order valence-corrected chi connectivity index (χ0v) is 10.7. The molecule has 0 radical (unpaired) electrons. The van der Waals surface area contributed by atoms with Crippen molar-refractivity contribution in [3.05, 3.63) is 59.4 Å². The molecule has 5 nitrogen and oxygen atoms in total. The van der Waals surface area contributed by atoms with Crippen molar-refractivity contribution in [2.24, 2.45) is 0 Å². The lowest BCUT2D eigenvalue weighted by Crippen LogP contribution is -2.08. The van der Waals surface area contributed by atoms with Gasteiger partial charge in [-0.25, -0.2) is 4.98 Å². The summed E-state index contributed by atoms with van der Waals surface area (Å²) in [6, 6.07) is 12.3. The summed E-state index contributed by atoms with van der Waals surface area (Å²) in [4.78, 5) is 15.5. The third kappa shape index (κ3) is 3.82. The van der Waals surface area contributed by atoms with Crippen molar-refractivity contribution >= 4 is 11.7 Å². The van der Waals surface area contributed by atoms with E-state index in [1.54, 1.807) is 36.4 Å². The highest BCUT2D eigenvalue weighted by Gasteiger charge is 2.06. The van der Waals surface area contributed by atoms with Gasteiger partial charge < -0.3 is 10.5 Å². The Bertz CT molecular complexity index is 645. The number of hydrogen-bond donors (Lipinski definition) is 1. The number of nitrogens with two attached hydrogens (primary N) is 1. The van der Waals surface area contributed by atoms with E-state index in [1.807, 2.05) is 6.07 Å². The van der Waals surface area contributed by atoms with Crippen LogP contribution in [-0.2, 0) is 22.6 Å². The lowest BCUT2D eigenvalue weighted by molar-refractivity contribution is -0.144. The fourth-order valence-corrected chi connectivity index (χ4v) is 1.64. The predicted molar refractivity (Wildman–Crippen MR) is 73.3 cm³/mol. The Kier molecular flexibility index (Phi) is 4.30. The number of nitrogen functional groups attached to an aromatic ring is 1. The lowest BCUT2D eigenvalue weighted by Gasteiger charge is -2.05. The van der Waals surface area contributed by atoms with Gasteiger partial charge in [-0.3, -0.25) is 4.79 Å². The fourth-order valence-electron chi connectivity index (χ4n) is 1.64. The zero-order valence-electron chi connectivity index (χ0n) is 10.7. The molecule has 2 N–H and O–H groups in total. The van der Waals surface area contributed by atoms with Gasteiger partial charge >= 0.3 is 5.97 Å². The van der Waals surface area contributed by atoms with Crippen molar-refractivity contribution in [1.82, 2.24) is 4.98 Å². The number of aromatic nitrogens is 1. The summed E-state index contributed by atoms with van der Waals surface area (Å²) in [5.41, 5.74) is 8.11. The number of nitrogens with zero attached hydrogens (tertiary/aromatic N) is 2. The zero-order chi connectivity index (χ0) is 14.4. The molecule has 2 aromatic rings. The summed E-state index contributed by atoms with van der Waals surface area (Å²) in [6.45, 7) is 0.130. The van der Waals surface area contributed by atoms with Gasteiger partial charge in [0.15, 0.2) is 0 Å². The number of hydrogen-bond acceptors (Lipinski definition) is 5. The number of carbonyl (C=O) groups is 1. The molecule has 0 fully saturated rings. The van der Waals surface area contributed by atoms with Crippen LogP contribution in [0.1, 0.15) is 16.8 Å². The molecule has 0 spiro atoms. The van der Waals surface area contributed by atoms with Crippen LogP contribution < -0.4 is 5.73 Å². The first kappa shape index (κ1) is 13.6. The van der Waals surface area contributed by atoms with Gasteiger partial charge in [0, 0.05) is 11.9 Å². The average Bonchev–Trinajstić information content (AvgIpc) is 2.48. The van der Waals surface area contributed by atoms with Gasteiger partial charge in [-0.05, 0) is 35.4 Å². The molecule has 5 heteroatoms. The van der Waals surface area contributed by atoms with Gasteiger partial charge in [-0.15, -0.1) is 0 Å². The van der Waals surface area contributed by atoms with Crippen molar-refractivity contribution < 1.29 is 9.53 Å². The molecule has 0 amide bonds. The molecule has 0 atom stereocenters. The van der Waals surface area contributed by atoms with Crippen LogP contribution in [0.2, 0.25) is 0 Å². The quantitative estimate of drug-likeness (QED) is 0.674. The summed E-state index contributed by atoms with van der Waals surface area (Å²) in [7, 11) is 0. The molecule has 2 rings (SSSR count). The standard InChI is InChI=1S/C15H13N3O2/c16-9-14-7-12(5-6-18-14)10-20-15(19)8-11-1-3-13(17)4-2-11/h1-7H,8,10,17H2. The Balaban J connectivity index is 1.89. The van der Waals surface area contributed by atoms with Gasteiger partial charge in [0.25, 0.3) is 0 Å². The predicted octanol–water partition coefficient (Wildman–Crippen LogP) is 1.82. The van der Waals surface area contributed by atoms with E-state index in [-0.39, 0.29) is 19.0 Å². The van der Waals surface area contributed by atoms with Crippen molar-refractivity contribution in [3.8, 4) is 6.07 Å². The van der Waals surface area contributed by atoms with Gasteiger partial charge in [-0.1, -0.05) is 12.1 Å². The molecule has 100 valence electrons. The van der Waals surface area contributed by atoms with Gasteiger partial charge in [0.05, 0.1) is 6.42 Å². The Labute approximate surface area is 116 Å². The van der Waals surface area contributed by atoms with E-state index in [0.717, 1.165) is 11.1 Å². The number of ether oxygens (including phenoxy) is 1. The Morgan fingerprint density at radius 1 is 1.25 bits per heavy atom. The van der Waals surface area contributed by atoms with Gasteiger partial charge in [0.2, 0.25) is 0 Å². The van der Waals surface area contributed by atoms with E-state index in [2.05, 4.69) is 4.98 Å². The summed E-state index contributed by atoms with van der Waals surface area (Å²) >= 11 is 0. The number of nitriles is 1. The van der Waals surface area contributed by atoms with E-state index in [4.69, 9.17) is 15.7 Å². The molecule has 20 heavy (non-hydrogen) atoms. The Hall–Kier alpha value is -2.87. The number of esters is 1. The van der Waals surface area contributed by atoms with Crippen molar-refractivity contribution in [2.75, 3.05) is 5.73 Å². The molecule has 0 bridgehead atoms. The minimum atomic E-state index is -0.329. The first-order valence-corrected chi connectivity index (χ1v) is 6.02. The number of anilines is 1. The summed E-state index contributed by atoms with van der Waals surface area (Å²) < 4.78 is 5.15. The second kappa shape index (κ2) is 6.34. The van der Waals surface area contributed by atoms with Crippen LogP contribution in [0.3, 0.4) is 0 Å². The van der Waals surface area contributed by atoms with E-state index in [1.165, 1.54) is 6.20 Å². The van der Waals surface area contributed by atoms with Crippen LogP contribution >= 0.6 is 0 Å². The third-order valence-electron chi connectivity index (χ3n) is 2.67. The van der Waals surface area contributed by atoms with Crippen LogP contribution in [0.15, 0.2) is 42.6 Å². The highest BCUT2D eigenvalue weighted by molar-refractivity contribution is 5.72. The molecule has 0 aliphatic rings. The average molecular weight is 267 g/mol. The summed E-state index contributed by atoms with van der Waals surface area (Å²) in [5.74, 6) is -0.329. The van der Waals surface area contributed by atoms with Crippen molar-refractivity contribution in [3.63, 3.8) is 0 Å². The second-order valence-electron chi connectivity index (χ2n) is 4.24. The molecule has 1 aromatic carbocycles. The molecule has 1 heterocycles. The maximum Gasteiger partial charge on any atom is 0.310 e. The topological polar surface area (TPSA) is 89.0 Å². The molecule has 0 aliphatic carbocycles. The van der Waals surface area contributed by atoms with Gasteiger partial charge in [-0.2, -0.15) is 5.26 Å². The van der Waals surface area contributed by atoms with Crippen molar-refractivity contribution in [1.29, 1.82) is 5.26 Å². The van der Waals surface area contributed by atoms with E-state index in [0.29, 0.717) is 11.4 Å². The molecule has 0 unspecified atom stereocenters. The number of benzene rings is 1. The largest absolute Gasteiger partial charge is 0.461 e. The Morgan fingerprint density at radius 3 is 2.70 bits per heavy atom.